The monoisotopic (exact) mass is 423 g/mol. The largest absolute Gasteiger partial charge is 0.389 e. The van der Waals surface area contributed by atoms with Gasteiger partial charge in [-0.15, -0.1) is 11.8 Å². The van der Waals surface area contributed by atoms with Gasteiger partial charge in [0, 0.05) is 29.4 Å². The maximum atomic E-state index is 13.0. The highest BCUT2D eigenvalue weighted by atomic mass is 32.2. The van der Waals surface area contributed by atoms with Gasteiger partial charge in [-0.1, -0.05) is 12.1 Å². The molecule has 1 fully saturated rings. The maximum absolute atomic E-state index is 13.0. The Balaban J connectivity index is 1.78. The summed E-state index contributed by atoms with van der Waals surface area (Å²) in [6.07, 6.45) is 0.976. The molecule has 152 valence electrons. The second kappa shape index (κ2) is 7.82. The number of oxime groups is 1. The second-order valence-electron chi connectivity index (χ2n) is 7.79. The number of carbonyl (C=O) groups excluding carboxylic acids is 2. The fraction of sp³-hybridized carbons (Fsp3) is 0.611. The summed E-state index contributed by atoms with van der Waals surface area (Å²) >= 11 is 2.69. The van der Waals surface area contributed by atoms with Crippen molar-refractivity contribution in [3.63, 3.8) is 0 Å². The Labute approximate surface area is 172 Å². The molecule has 0 radical (unpaired) electrons. The smallest absolute Gasteiger partial charge is 0.234 e. The third kappa shape index (κ3) is 4.07. The number of aromatic nitrogens is 2. The highest BCUT2D eigenvalue weighted by Crippen LogP contribution is 2.45. The quantitative estimate of drug-likeness (QED) is 0.425. The van der Waals surface area contributed by atoms with Crippen molar-refractivity contribution in [3.8, 4) is 0 Å². The minimum Gasteiger partial charge on any atom is -0.389 e. The van der Waals surface area contributed by atoms with Crippen molar-refractivity contribution in [2.24, 2.45) is 11.1 Å². The molecule has 0 aliphatic carbocycles. The zero-order chi connectivity index (χ0) is 20.6. The van der Waals surface area contributed by atoms with Gasteiger partial charge in [0.15, 0.2) is 16.6 Å². The summed E-state index contributed by atoms with van der Waals surface area (Å²) < 4.78 is 4.09. The first-order valence-electron chi connectivity index (χ1n) is 9.14. The number of allylic oxidation sites excluding steroid dienone is 1. The summed E-state index contributed by atoms with van der Waals surface area (Å²) in [5.74, 6) is 0.321. The van der Waals surface area contributed by atoms with E-state index >= 15 is 0 Å². The Morgan fingerprint density at radius 1 is 1.43 bits per heavy atom. The first-order valence-corrected chi connectivity index (χ1v) is 11.0. The molecule has 0 aromatic carbocycles. The number of fused-ring (bicyclic) bond motifs is 1. The molecule has 3 heterocycles. The minimum absolute atomic E-state index is 0.00926. The van der Waals surface area contributed by atoms with Crippen LogP contribution in [0.1, 0.15) is 53.3 Å². The van der Waals surface area contributed by atoms with Gasteiger partial charge in [0.2, 0.25) is 11.7 Å². The van der Waals surface area contributed by atoms with Crippen LogP contribution in [0.25, 0.3) is 0 Å². The molecule has 0 unspecified atom stereocenters. The molecule has 0 bridgehead atoms. The number of rotatable bonds is 6. The van der Waals surface area contributed by atoms with Gasteiger partial charge in [0.1, 0.15) is 5.60 Å². The average molecular weight is 424 g/mol. The van der Waals surface area contributed by atoms with Crippen LogP contribution in [0, 0.1) is 5.92 Å². The van der Waals surface area contributed by atoms with E-state index in [-0.39, 0.29) is 46.1 Å². The molecule has 1 amide bonds. The van der Waals surface area contributed by atoms with Gasteiger partial charge >= 0.3 is 0 Å². The molecule has 2 aliphatic heterocycles. The third-order valence-electron chi connectivity index (χ3n) is 4.62. The van der Waals surface area contributed by atoms with Gasteiger partial charge in [0.25, 0.3) is 0 Å². The van der Waals surface area contributed by atoms with Gasteiger partial charge in [-0.2, -0.15) is 9.36 Å². The SMILES string of the molecule is CCC1=C(C)N2C(=O)[C@@H](CC(=O)/C(=N\OC(C)(C)C)c3nsc(N)n3)[C@H]2SC1. The molecule has 2 atom stereocenters. The van der Waals surface area contributed by atoms with E-state index in [1.165, 1.54) is 5.57 Å². The Morgan fingerprint density at radius 2 is 2.14 bits per heavy atom. The molecule has 1 aromatic heterocycles. The summed E-state index contributed by atoms with van der Waals surface area (Å²) in [7, 11) is 0. The topological polar surface area (TPSA) is 111 Å². The summed E-state index contributed by atoms with van der Waals surface area (Å²) in [5, 5.41) is 4.25. The average Bonchev–Trinajstić information content (AvgIpc) is 3.04. The number of nitrogens with two attached hydrogens (primary N) is 1. The molecule has 10 heteroatoms. The second-order valence-corrected chi connectivity index (χ2v) is 9.67. The summed E-state index contributed by atoms with van der Waals surface area (Å²) in [4.78, 5) is 37.0. The van der Waals surface area contributed by atoms with Crippen LogP contribution in [0.4, 0.5) is 5.13 Å². The minimum atomic E-state index is -0.576. The number of carbonyl (C=O) groups is 2. The number of hydrogen-bond acceptors (Lipinski definition) is 9. The number of Topliss-reactive ketones (excluding diaryl/α,β-unsaturated/α-hetero) is 1. The number of nitrogens with zero attached hydrogens (tertiary/aromatic N) is 4. The van der Waals surface area contributed by atoms with Gasteiger partial charge in [-0.25, -0.2) is 0 Å². The standard InChI is InChI=1S/C18H25N5O3S2/c1-6-10-8-27-16-11(15(25)23(16)9(10)2)7-12(24)13(21-26-18(3,4)5)14-20-17(19)28-22-14/h11,16H,6-8H2,1-5H3,(H2,19,20,22)/b21-13+/t11-,16-/m1/s1. The summed E-state index contributed by atoms with van der Waals surface area (Å²) in [6, 6.07) is 0. The number of β-lactam (4-membered cyclic amide) rings is 1. The molecule has 3 rings (SSSR count). The lowest BCUT2D eigenvalue weighted by Crippen LogP contribution is -2.60. The highest BCUT2D eigenvalue weighted by Gasteiger charge is 2.51. The van der Waals surface area contributed by atoms with Crippen LogP contribution in [0.5, 0.6) is 0 Å². The predicted molar refractivity (Wildman–Crippen MR) is 111 cm³/mol. The molecular formula is C18H25N5O3S2. The fourth-order valence-electron chi connectivity index (χ4n) is 3.10. The van der Waals surface area contributed by atoms with E-state index in [4.69, 9.17) is 10.6 Å². The van der Waals surface area contributed by atoms with Crippen LogP contribution < -0.4 is 5.73 Å². The van der Waals surface area contributed by atoms with Crippen molar-refractivity contribution in [1.82, 2.24) is 14.3 Å². The Kier molecular flexibility index (Phi) is 5.81. The van der Waals surface area contributed by atoms with Crippen LogP contribution in [0.3, 0.4) is 0 Å². The maximum Gasteiger partial charge on any atom is 0.234 e. The van der Waals surface area contributed by atoms with Gasteiger partial charge in [0.05, 0.1) is 11.3 Å². The number of anilines is 1. The van der Waals surface area contributed by atoms with Crippen LogP contribution >= 0.6 is 23.3 Å². The molecule has 1 aromatic rings. The first kappa shape index (κ1) is 20.8. The van der Waals surface area contributed by atoms with Crippen LogP contribution in [-0.4, -0.2) is 48.4 Å². The summed E-state index contributed by atoms with van der Waals surface area (Å²) in [6.45, 7) is 9.55. The van der Waals surface area contributed by atoms with Crippen molar-refractivity contribution < 1.29 is 14.4 Å². The van der Waals surface area contributed by atoms with E-state index in [0.29, 0.717) is 0 Å². The van der Waals surface area contributed by atoms with Gasteiger partial charge in [-0.05, 0) is 39.7 Å². The van der Waals surface area contributed by atoms with Crippen molar-refractivity contribution in [2.45, 2.75) is 58.4 Å². The zero-order valence-electron chi connectivity index (χ0n) is 16.7. The number of amides is 1. The fourth-order valence-corrected chi connectivity index (χ4v) is 5.18. The highest BCUT2D eigenvalue weighted by molar-refractivity contribution is 8.00. The van der Waals surface area contributed by atoms with E-state index < -0.39 is 5.60 Å². The summed E-state index contributed by atoms with van der Waals surface area (Å²) in [5.41, 5.74) is 7.40. The number of nitrogen functional groups attached to an aromatic ring is 1. The lowest BCUT2D eigenvalue weighted by Gasteiger charge is -2.50. The van der Waals surface area contributed by atoms with E-state index in [1.807, 2.05) is 32.6 Å². The number of ketones is 1. The lowest BCUT2D eigenvalue weighted by atomic mass is 9.89. The normalized spacial score (nSPS) is 22.8. The molecule has 8 nitrogen and oxygen atoms in total. The molecular weight excluding hydrogens is 398 g/mol. The van der Waals surface area contributed by atoms with E-state index in [9.17, 15) is 9.59 Å². The van der Waals surface area contributed by atoms with Crippen LogP contribution in [0.15, 0.2) is 16.4 Å². The lowest BCUT2D eigenvalue weighted by molar-refractivity contribution is -0.148. The molecule has 2 aliphatic rings. The number of thioether (sulfide) groups is 1. The third-order valence-corrected chi connectivity index (χ3v) is 6.55. The number of hydrogen-bond donors (Lipinski definition) is 1. The first-order chi connectivity index (χ1) is 13.1. The van der Waals surface area contributed by atoms with Gasteiger partial charge in [-0.3, -0.25) is 9.59 Å². The van der Waals surface area contributed by atoms with Crippen LogP contribution in [0.2, 0.25) is 0 Å². The van der Waals surface area contributed by atoms with Gasteiger partial charge < -0.3 is 15.5 Å². The predicted octanol–water partition coefficient (Wildman–Crippen LogP) is 2.81. The van der Waals surface area contributed by atoms with E-state index in [0.717, 1.165) is 29.4 Å². The molecule has 2 N–H and O–H groups in total. The van der Waals surface area contributed by atoms with E-state index in [2.05, 4.69) is 21.4 Å². The Bertz CT molecular complexity index is 856. The van der Waals surface area contributed by atoms with Crippen LogP contribution in [-0.2, 0) is 14.4 Å². The Morgan fingerprint density at radius 3 is 2.71 bits per heavy atom. The van der Waals surface area contributed by atoms with Crippen molar-refractivity contribution in [3.05, 3.63) is 17.1 Å². The van der Waals surface area contributed by atoms with Crippen molar-refractivity contribution in [2.75, 3.05) is 11.5 Å². The van der Waals surface area contributed by atoms with E-state index in [1.54, 1.807) is 11.8 Å². The molecule has 1 saturated heterocycles. The molecule has 0 saturated carbocycles. The molecule has 28 heavy (non-hydrogen) atoms. The zero-order valence-corrected chi connectivity index (χ0v) is 18.3. The van der Waals surface area contributed by atoms with Crippen molar-refractivity contribution >= 4 is 45.8 Å². The van der Waals surface area contributed by atoms with Crippen molar-refractivity contribution in [1.29, 1.82) is 0 Å². The molecule has 0 spiro atoms. The Hall–Kier alpha value is -1.94.